The van der Waals surface area contributed by atoms with E-state index in [4.69, 9.17) is 4.74 Å². The minimum absolute atomic E-state index is 0.0347. The van der Waals surface area contributed by atoms with Gasteiger partial charge in [0.25, 0.3) is 0 Å². The van der Waals surface area contributed by atoms with Crippen molar-refractivity contribution in [3.63, 3.8) is 0 Å². The largest absolute Gasteiger partial charge is 0.496 e. The van der Waals surface area contributed by atoms with Crippen LogP contribution in [0.4, 0.5) is 0 Å². The molecule has 0 atom stereocenters. The fraction of sp³-hybridized carbons (Fsp3) is 0.0870. The summed E-state index contributed by atoms with van der Waals surface area (Å²) in [6.45, 7) is 0. The quantitative estimate of drug-likeness (QED) is 0.635. The molecular weight excluding hydrogens is 308 g/mol. The van der Waals surface area contributed by atoms with E-state index in [2.05, 4.69) is 24.3 Å². The summed E-state index contributed by atoms with van der Waals surface area (Å²) < 4.78 is 5.40. The van der Waals surface area contributed by atoms with Crippen LogP contribution in [0.2, 0.25) is 0 Å². The number of methoxy groups -OCH3 is 1. The molecule has 4 rings (SSSR count). The van der Waals surface area contributed by atoms with Gasteiger partial charge in [0.15, 0.2) is 5.78 Å². The molecule has 0 aromatic heterocycles. The van der Waals surface area contributed by atoms with Crippen LogP contribution in [0, 0.1) is 0 Å². The molecule has 0 saturated heterocycles. The van der Waals surface area contributed by atoms with Crippen LogP contribution in [0.25, 0.3) is 5.57 Å². The van der Waals surface area contributed by atoms with E-state index in [1.54, 1.807) is 7.11 Å². The lowest BCUT2D eigenvalue weighted by Gasteiger charge is -2.11. The second-order valence-corrected chi connectivity index (χ2v) is 6.08. The van der Waals surface area contributed by atoms with E-state index in [9.17, 15) is 4.79 Å². The first kappa shape index (κ1) is 15.4. The van der Waals surface area contributed by atoms with Crippen molar-refractivity contribution in [2.24, 2.45) is 0 Å². The maximum atomic E-state index is 13.3. The molecule has 25 heavy (non-hydrogen) atoms. The molecular formula is C23H18O2. The van der Waals surface area contributed by atoms with Crippen LogP contribution < -0.4 is 4.74 Å². The Labute approximate surface area is 147 Å². The van der Waals surface area contributed by atoms with Crippen LogP contribution in [0.5, 0.6) is 5.75 Å². The smallest absolute Gasteiger partial charge is 0.193 e. The molecule has 0 heterocycles. The number of hydrogen-bond acceptors (Lipinski definition) is 2. The van der Waals surface area contributed by atoms with Gasteiger partial charge in [-0.25, -0.2) is 0 Å². The first-order valence-electron chi connectivity index (χ1n) is 8.34. The number of ether oxygens (including phenoxy) is 1. The van der Waals surface area contributed by atoms with E-state index in [1.807, 2.05) is 54.6 Å². The summed E-state index contributed by atoms with van der Waals surface area (Å²) in [6, 6.07) is 25.8. The Balaban J connectivity index is 1.90. The SMILES string of the molecule is COc1ccccc1C(=O)C1=C(c2ccccc2)c2ccccc2C1. The van der Waals surface area contributed by atoms with Crippen LogP contribution in [-0.2, 0) is 6.42 Å². The van der Waals surface area contributed by atoms with Crippen LogP contribution in [0.1, 0.15) is 27.0 Å². The van der Waals surface area contributed by atoms with Crippen molar-refractivity contribution in [2.45, 2.75) is 6.42 Å². The molecule has 2 heteroatoms. The molecule has 0 spiro atoms. The standard InChI is InChI=1S/C23H18O2/c1-25-21-14-8-7-13-19(21)23(24)20-15-17-11-5-6-12-18(17)22(20)16-9-3-2-4-10-16/h2-14H,15H2,1H3. The molecule has 122 valence electrons. The van der Waals surface area contributed by atoms with Gasteiger partial charge in [0.1, 0.15) is 5.75 Å². The molecule has 0 aliphatic heterocycles. The summed E-state index contributed by atoms with van der Waals surface area (Å²) in [7, 11) is 1.60. The van der Waals surface area contributed by atoms with Crippen LogP contribution in [-0.4, -0.2) is 12.9 Å². The number of para-hydroxylation sites is 1. The predicted molar refractivity (Wildman–Crippen MR) is 99.9 cm³/mol. The van der Waals surface area contributed by atoms with E-state index in [-0.39, 0.29) is 5.78 Å². The van der Waals surface area contributed by atoms with Gasteiger partial charge in [0, 0.05) is 12.0 Å². The van der Waals surface area contributed by atoms with Gasteiger partial charge in [0.2, 0.25) is 0 Å². The highest BCUT2D eigenvalue weighted by atomic mass is 16.5. The highest BCUT2D eigenvalue weighted by molar-refractivity contribution is 6.17. The van der Waals surface area contributed by atoms with Crippen molar-refractivity contribution in [1.29, 1.82) is 0 Å². The number of carbonyl (C=O) groups excluding carboxylic acids is 1. The lowest BCUT2D eigenvalue weighted by Crippen LogP contribution is -2.07. The van der Waals surface area contributed by atoms with Crippen LogP contribution in [0.3, 0.4) is 0 Å². The molecule has 0 N–H and O–H groups in total. The summed E-state index contributed by atoms with van der Waals surface area (Å²) in [5.41, 5.74) is 5.89. The summed E-state index contributed by atoms with van der Waals surface area (Å²) in [6.07, 6.45) is 0.650. The van der Waals surface area contributed by atoms with E-state index >= 15 is 0 Å². The van der Waals surface area contributed by atoms with Crippen molar-refractivity contribution in [1.82, 2.24) is 0 Å². The van der Waals surface area contributed by atoms with Crippen molar-refractivity contribution < 1.29 is 9.53 Å². The zero-order valence-electron chi connectivity index (χ0n) is 14.0. The summed E-state index contributed by atoms with van der Waals surface area (Å²) in [5.74, 6) is 0.649. The molecule has 1 aliphatic carbocycles. The molecule has 3 aromatic rings. The summed E-state index contributed by atoms with van der Waals surface area (Å²) in [5, 5.41) is 0. The normalized spacial score (nSPS) is 12.8. The Hall–Kier alpha value is -3.13. The first-order chi connectivity index (χ1) is 12.3. The fourth-order valence-corrected chi connectivity index (χ4v) is 3.48. The van der Waals surface area contributed by atoms with Crippen molar-refractivity contribution in [3.05, 3.63) is 107 Å². The Morgan fingerprint density at radius 2 is 1.52 bits per heavy atom. The van der Waals surface area contributed by atoms with Crippen LogP contribution >= 0.6 is 0 Å². The van der Waals surface area contributed by atoms with Gasteiger partial charge < -0.3 is 4.74 Å². The highest BCUT2D eigenvalue weighted by Gasteiger charge is 2.28. The second kappa shape index (κ2) is 6.40. The minimum Gasteiger partial charge on any atom is -0.496 e. The van der Waals surface area contributed by atoms with Gasteiger partial charge in [-0.1, -0.05) is 66.7 Å². The number of rotatable bonds is 4. The Kier molecular flexibility index (Phi) is 3.95. The van der Waals surface area contributed by atoms with Crippen LogP contribution in [0.15, 0.2) is 84.4 Å². The highest BCUT2D eigenvalue weighted by Crippen LogP contribution is 2.39. The van der Waals surface area contributed by atoms with Gasteiger partial charge >= 0.3 is 0 Å². The lowest BCUT2D eigenvalue weighted by atomic mass is 9.93. The van der Waals surface area contributed by atoms with Crippen molar-refractivity contribution >= 4 is 11.4 Å². The number of ketones is 1. The van der Waals surface area contributed by atoms with E-state index in [0.717, 1.165) is 22.3 Å². The third-order valence-electron chi connectivity index (χ3n) is 4.64. The first-order valence-corrected chi connectivity index (χ1v) is 8.34. The van der Waals surface area contributed by atoms with E-state index < -0.39 is 0 Å². The third-order valence-corrected chi connectivity index (χ3v) is 4.64. The summed E-state index contributed by atoms with van der Waals surface area (Å²) in [4.78, 5) is 13.3. The predicted octanol–water partition coefficient (Wildman–Crippen LogP) is 4.94. The maximum Gasteiger partial charge on any atom is 0.193 e. The fourth-order valence-electron chi connectivity index (χ4n) is 3.48. The Morgan fingerprint density at radius 1 is 0.840 bits per heavy atom. The molecule has 0 bridgehead atoms. The van der Waals surface area contributed by atoms with Gasteiger partial charge in [0.05, 0.1) is 12.7 Å². The Morgan fingerprint density at radius 3 is 2.32 bits per heavy atom. The second-order valence-electron chi connectivity index (χ2n) is 6.08. The van der Waals surface area contributed by atoms with Gasteiger partial charge in [-0.15, -0.1) is 0 Å². The third kappa shape index (κ3) is 2.66. The average Bonchev–Trinajstić information content (AvgIpc) is 3.07. The Bertz CT molecular complexity index is 968. The molecule has 0 fully saturated rings. The zero-order valence-corrected chi connectivity index (χ0v) is 14.0. The molecule has 0 saturated carbocycles. The molecule has 1 aliphatic rings. The molecule has 0 amide bonds. The topological polar surface area (TPSA) is 26.3 Å². The maximum absolute atomic E-state index is 13.3. The zero-order chi connectivity index (χ0) is 17.2. The minimum atomic E-state index is 0.0347. The average molecular weight is 326 g/mol. The van der Waals surface area contributed by atoms with E-state index in [0.29, 0.717) is 17.7 Å². The molecule has 0 radical (unpaired) electrons. The lowest BCUT2D eigenvalue weighted by molar-refractivity contribution is 0.103. The van der Waals surface area contributed by atoms with Crippen molar-refractivity contribution in [3.8, 4) is 5.75 Å². The monoisotopic (exact) mass is 326 g/mol. The molecule has 0 unspecified atom stereocenters. The van der Waals surface area contributed by atoms with Gasteiger partial charge in [-0.2, -0.15) is 0 Å². The van der Waals surface area contributed by atoms with Gasteiger partial charge in [-0.3, -0.25) is 4.79 Å². The molecule has 2 nitrogen and oxygen atoms in total. The number of carbonyl (C=O) groups is 1. The molecule has 3 aromatic carbocycles. The summed E-state index contributed by atoms with van der Waals surface area (Å²) >= 11 is 0. The van der Waals surface area contributed by atoms with E-state index in [1.165, 1.54) is 5.56 Å². The number of allylic oxidation sites excluding steroid dienone is 1. The number of Topliss-reactive ketones (excluding diaryl/α,β-unsaturated/α-hetero) is 1. The number of fused-ring (bicyclic) bond motifs is 1. The number of hydrogen-bond donors (Lipinski definition) is 0. The van der Waals surface area contributed by atoms with Crippen molar-refractivity contribution in [2.75, 3.05) is 7.11 Å². The van der Waals surface area contributed by atoms with Gasteiger partial charge in [-0.05, 0) is 34.4 Å². The number of benzene rings is 3.